The highest BCUT2D eigenvalue weighted by Gasteiger charge is 2.27. The van der Waals surface area contributed by atoms with E-state index in [1.807, 2.05) is 0 Å². The number of hydrogen-bond donors (Lipinski definition) is 4. The van der Waals surface area contributed by atoms with Gasteiger partial charge in [-0.15, -0.1) is 0 Å². The lowest BCUT2D eigenvalue weighted by molar-refractivity contribution is 0.101. The van der Waals surface area contributed by atoms with Gasteiger partial charge < -0.3 is 25.0 Å². The van der Waals surface area contributed by atoms with Crippen LogP contribution in [0.4, 0.5) is 5.69 Å². The standard InChI is InChI=1S/C27H37N3O6S/c1-27(2)17-36-26(29-27)20-6-4-18(5-7-20)19-8-10-21(11-9-19)28-15-22(31)16-35-23-12-13-25(32)24(14-23)30-37(3,33)34/h4-7,12-14,19,21-22,28,30-32H,8-11,15-17H2,1-3H3/t19?,21?,22-/m0/s1. The third-order valence-corrected chi connectivity index (χ3v) is 7.26. The summed E-state index contributed by atoms with van der Waals surface area (Å²) in [5.74, 6) is 1.40. The van der Waals surface area contributed by atoms with Crippen molar-refractivity contribution >= 4 is 21.6 Å². The van der Waals surface area contributed by atoms with Gasteiger partial charge in [0, 0.05) is 24.2 Å². The lowest BCUT2D eigenvalue weighted by atomic mass is 9.81. The normalized spacial score (nSPS) is 22.1. The minimum Gasteiger partial charge on any atom is -0.506 e. The fourth-order valence-corrected chi connectivity index (χ4v) is 5.26. The van der Waals surface area contributed by atoms with Gasteiger partial charge in [0.2, 0.25) is 15.9 Å². The van der Waals surface area contributed by atoms with E-state index >= 15 is 0 Å². The van der Waals surface area contributed by atoms with E-state index in [0.717, 1.165) is 43.4 Å². The van der Waals surface area contributed by atoms with Crippen LogP contribution in [0.1, 0.15) is 56.6 Å². The number of anilines is 1. The number of phenols is 1. The lowest BCUT2D eigenvalue weighted by Crippen LogP contribution is -2.39. The van der Waals surface area contributed by atoms with E-state index in [2.05, 4.69) is 53.1 Å². The average molecular weight is 532 g/mol. The van der Waals surface area contributed by atoms with E-state index in [1.165, 1.54) is 23.8 Å². The maximum absolute atomic E-state index is 11.4. The molecule has 4 N–H and O–H groups in total. The fourth-order valence-electron chi connectivity index (χ4n) is 4.70. The number of benzene rings is 2. The number of phenolic OH excluding ortho intramolecular Hbond substituents is 1. The van der Waals surface area contributed by atoms with Gasteiger partial charge in [-0.1, -0.05) is 12.1 Å². The van der Waals surface area contributed by atoms with Crippen LogP contribution in [-0.2, 0) is 14.8 Å². The van der Waals surface area contributed by atoms with Crippen LogP contribution in [-0.4, -0.2) is 68.2 Å². The van der Waals surface area contributed by atoms with E-state index in [4.69, 9.17) is 9.47 Å². The highest BCUT2D eigenvalue weighted by molar-refractivity contribution is 7.92. The number of hydrogen-bond acceptors (Lipinski definition) is 8. The van der Waals surface area contributed by atoms with Gasteiger partial charge in [0.1, 0.15) is 30.8 Å². The molecule has 2 aromatic rings. The Hall–Kier alpha value is -2.82. The number of aliphatic hydroxyl groups is 1. The van der Waals surface area contributed by atoms with Gasteiger partial charge in [-0.25, -0.2) is 13.4 Å². The minimum absolute atomic E-state index is 0.0311. The van der Waals surface area contributed by atoms with Crippen molar-refractivity contribution in [3.8, 4) is 11.5 Å². The molecule has 2 aromatic carbocycles. The van der Waals surface area contributed by atoms with Gasteiger partial charge >= 0.3 is 0 Å². The number of aliphatic imine (C=N–C) groups is 1. The average Bonchev–Trinajstić information content (AvgIpc) is 3.22. The Morgan fingerprint density at radius 1 is 1.14 bits per heavy atom. The molecule has 1 heterocycles. The highest BCUT2D eigenvalue weighted by atomic mass is 32.2. The summed E-state index contributed by atoms with van der Waals surface area (Å²) in [4.78, 5) is 4.65. The van der Waals surface area contributed by atoms with Crippen LogP contribution >= 0.6 is 0 Å². The molecular weight excluding hydrogens is 494 g/mol. The molecule has 9 nitrogen and oxygen atoms in total. The van der Waals surface area contributed by atoms with Crippen molar-refractivity contribution < 1.29 is 28.1 Å². The first-order valence-electron chi connectivity index (χ1n) is 12.7. The van der Waals surface area contributed by atoms with Crippen LogP contribution in [0.25, 0.3) is 0 Å². The molecule has 0 spiro atoms. The highest BCUT2D eigenvalue weighted by Crippen LogP contribution is 2.33. The topological polar surface area (TPSA) is 129 Å². The zero-order valence-corrected chi connectivity index (χ0v) is 22.4. The van der Waals surface area contributed by atoms with E-state index in [1.54, 1.807) is 0 Å². The molecular formula is C27H37N3O6S. The van der Waals surface area contributed by atoms with Crippen molar-refractivity contribution in [2.45, 2.75) is 63.1 Å². The quantitative estimate of drug-likeness (QED) is 0.346. The maximum Gasteiger partial charge on any atom is 0.229 e. The molecule has 37 heavy (non-hydrogen) atoms. The molecule has 1 saturated carbocycles. The van der Waals surface area contributed by atoms with E-state index in [-0.39, 0.29) is 23.6 Å². The smallest absolute Gasteiger partial charge is 0.229 e. The Morgan fingerprint density at radius 3 is 2.46 bits per heavy atom. The summed E-state index contributed by atoms with van der Waals surface area (Å²) in [6, 6.07) is 13.2. The first-order chi connectivity index (χ1) is 17.5. The van der Waals surface area contributed by atoms with Crippen molar-refractivity contribution in [1.29, 1.82) is 0 Å². The Morgan fingerprint density at radius 2 is 1.84 bits per heavy atom. The first-order valence-corrected chi connectivity index (χ1v) is 14.5. The number of nitrogens with one attached hydrogen (secondary N) is 2. The Kier molecular flexibility index (Phi) is 8.30. The van der Waals surface area contributed by atoms with Crippen molar-refractivity contribution in [3.63, 3.8) is 0 Å². The van der Waals surface area contributed by atoms with Gasteiger partial charge in [0.15, 0.2) is 0 Å². The molecule has 0 unspecified atom stereocenters. The summed E-state index contributed by atoms with van der Waals surface area (Å²) in [6.45, 7) is 5.19. The van der Waals surface area contributed by atoms with Crippen LogP contribution in [0.2, 0.25) is 0 Å². The molecule has 0 radical (unpaired) electrons. The molecule has 202 valence electrons. The van der Waals surface area contributed by atoms with Gasteiger partial charge in [-0.3, -0.25) is 4.72 Å². The zero-order chi connectivity index (χ0) is 26.6. The molecule has 0 saturated heterocycles. The second-order valence-electron chi connectivity index (χ2n) is 10.6. The van der Waals surface area contributed by atoms with Crippen LogP contribution in [0.5, 0.6) is 11.5 Å². The zero-order valence-electron chi connectivity index (χ0n) is 21.6. The number of ether oxygens (including phenoxy) is 2. The molecule has 1 aliphatic heterocycles. The third kappa shape index (κ3) is 7.83. The molecule has 0 aromatic heterocycles. The molecule has 0 bridgehead atoms. The molecule has 1 aliphatic carbocycles. The SMILES string of the molecule is CC1(C)COC(c2ccc(C3CCC(NC[C@H](O)COc4ccc(O)c(NS(C)(=O)=O)c4)CC3)cc2)=N1. The molecule has 1 atom stereocenters. The summed E-state index contributed by atoms with van der Waals surface area (Å²) in [7, 11) is -3.53. The van der Waals surface area contributed by atoms with Gasteiger partial charge in [0.25, 0.3) is 0 Å². The second kappa shape index (κ2) is 11.3. The third-order valence-electron chi connectivity index (χ3n) is 6.67. The van der Waals surface area contributed by atoms with Crippen LogP contribution in [0.3, 0.4) is 0 Å². The van der Waals surface area contributed by atoms with E-state index in [0.29, 0.717) is 30.9 Å². The Bertz CT molecular complexity index is 1210. The first kappa shape index (κ1) is 27.2. The summed E-state index contributed by atoms with van der Waals surface area (Å²) >= 11 is 0. The summed E-state index contributed by atoms with van der Waals surface area (Å²) < 4.78 is 36.4. The van der Waals surface area contributed by atoms with Crippen molar-refractivity contribution in [3.05, 3.63) is 53.6 Å². The molecule has 2 aliphatic rings. The fraction of sp³-hybridized carbons (Fsp3) is 0.519. The van der Waals surface area contributed by atoms with E-state index < -0.39 is 16.1 Å². The van der Waals surface area contributed by atoms with Gasteiger partial charge in [-0.2, -0.15) is 0 Å². The van der Waals surface area contributed by atoms with Crippen LogP contribution in [0.15, 0.2) is 47.5 Å². The van der Waals surface area contributed by atoms with Crippen LogP contribution in [0, 0.1) is 0 Å². The Labute approximate surface area is 219 Å². The predicted octanol–water partition coefficient (Wildman–Crippen LogP) is 3.37. The largest absolute Gasteiger partial charge is 0.506 e. The number of rotatable bonds is 10. The number of aromatic hydroxyl groups is 1. The van der Waals surface area contributed by atoms with Crippen molar-refractivity contribution in [1.82, 2.24) is 5.32 Å². The van der Waals surface area contributed by atoms with Crippen molar-refractivity contribution in [2.24, 2.45) is 4.99 Å². The van der Waals surface area contributed by atoms with Crippen molar-refractivity contribution in [2.75, 3.05) is 30.7 Å². The predicted molar refractivity (Wildman–Crippen MR) is 144 cm³/mol. The maximum atomic E-state index is 11.4. The number of sulfonamides is 1. The second-order valence-corrected chi connectivity index (χ2v) is 12.4. The monoisotopic (exact) mass is 531 g/mol. The van der Waals surface area contributed by atoms with E-state index in [9.17, 15) is 18.6 Å². The molecule has 0 amide bonds. The minimum atomic E-state index is -3.53. The van der Waals surface area contributed by atoms with Crippen LogP contribution < -0.4 is 14.8 Å². The number of aliphatic hydroxyl groups excluding tert-OH is 1. The summed E-state index contributed by atoms with van der Waals surface area (Å²) in [5.41, 5.74) is 2.23. The van der Waals surface area contributed by atoms with Gasteiger partial charge in [-0.05, 0) is 75.3 Å². The number of nitrogens with zero attached hydrogens (tertiary/aromatic N) is 1. The molecule has 4 rings (SSSR count). The lowest BCUT2D eigenvalue weighted by Gasteiger charge is -2.30. The summed E-state index contributed by atoms with van der Waals surface area (Å²) in [6.07, 6.45) is 4.50. The molecule has 10 heteroatoms. The Balaban J connectivity index is 1.19. The molecule has 1 fully saturated rings. The summed E-state index contributed by atoms with van der Waals surface area (Å²) in [5, 5.41) is 23.6. The van der Waals surface area contributed by atoms with Gasteiger partial charge in [0.05, 0.1) is 17.5 Å².